The number of hydrogen-bond donors (Lipinski definition) is 1. The minimum absolute atomic E-state index is 0.0645. The lowest BCUT2D eigenvalue weighted by Gasteiger charge is -2.40. The van der Waals surface area contributed by atoms with E-state index in [4.69, 9.17) is 0 Å². The molecule has 2 aromatic carbocycles. The molecule has 0 unspecified atom stereocenters. The topological polar surface area (TPSA) is 112 Å². The number of rotatable bonds is 3. The van der Waals surface area contributed by atoms with Gasteiger partial charge < -0.3 is 9.88 Å². The summed E-state index contributed by atoms with van der Waals surface area (Å²) in [6.45, 7) is 0.206. The van der Waals surface area contributed by atoms with Crippen LogP contribution in [-0.2, 0) is 22.6 Å². The van der Waals surface area contributed by atoms with Crippen LogP contribution in [0.2, 0.25) is 0 Å². The van der Waals surface area contributed by atoms with E-state index in [0.29, 0.717) is 18.5 Å². The van der Waals surface area contributed by atoms with Crippen LogP contribution in [0.15, 0.2) is 53.6 Å². The molecule has 150 valence electrons. The van der Waals surface area contributed by atoms with Crippen molar-refractivity contribution in [3.8, 4) is 0 Å². The average molecular weight is 403 g/mol. The lowest BCUT2D eigenvalue weighted by atomic mass is 9.94. The number of nitrogens with zero attached hydrogens (tertiary/aromatic N) is 4. The van der Waals surface area contributed by atoms with Crippen LogP contribution in [0.3, 0.4) is 0 Å². The van der Waals surface area contributed by atoms with Gasteiger partial charge in [-0.2, -0.15) is 5.10 Å². The number of hydrazone groups is 1. The van der Waals surface area contributed by atoms with Gasteiger partial charge in [0.05, 0.1) is 17.7 Å². The predicted octanol–water partition coefficient (Wildman–Crippen LogP) is 2.21. The van der Waals surface area contributed by atoms with E-state index in [1.54, 1.807) is 17.0 Å². The molecule has 3 aromatic rings. The molecule has 9 nitrogen and oxygen atoms in total. The number of piperazine rings is 1. The van der Waals surface area contributed by atoms with E-state index >= 15 is 0 Å². The van der Waals surface area contributed by atoms with Crippen LogP contribution in [0.25, 0.3) is 10.9 Å². The second-order valence-electron chi connectivity index (χ2n) is 7.36. The highest BCUT2D eigenvalue weighted by molar-refractivity contribution is 5.97. The highest BCUT2D eigenvalue weighted by Gasteiger charge is 2.43. The molecular formula is C21H17N5O4. The number of aromatic amines is 1. The molecule has 1 atom stereocenters. The molecule has 0 saturated carbocycles. The van der Waals surface area contributed by atoms with Crippen LogP contribution in [0.1, 0.15) is 16.8 Å². The molecule has 5 rings (SSSR count). The number of nitro groups is 1. The molecule has 9 heteroatoms. The number of nitro benzene ring substituents is 1. The maximum Gasteiger partial charge on any atom is 0.270 e. The summed E-state index contributed by atoms with van der Waals surface area (Å²) in [5, 5.41) is 17.3. The van der Waals surface area contributed by atoms with Crippen molar-refractivity contribution in [1.82, 2.24) is 14.9 Å². The van der Waals surface area contributed by atoms with Crippen LogP contribution in [0.4, 0.5) is 5.69 Å². The molecule has 1 saturated heterocycles. The highest BCUT2D eigenvalue weighted by Crippen LogP contribution is 2.32. The Bertz CT molecular complexity index is 1230. The van der Waals surface area contributed by atoms with Crippen molar-refractivity contribution in [2.24, 2.45) is 5.10 Å². The van der Waals surface area contributed by atoms with E-state index in [9.17, 15) is 19.7 Å². The molecule has 2 aliphatic heterocycles. The highest BCUT2D eigenvalue weighted by atomic mass is 16.6. The van der Waals surface area contributed by atoms with Crippen molar-refractivity contribution < 1.29 is 14.5 Å². The number of hydrogen-bond acceptors (Lipinski definition) is 5. The third kappa shape index (κ3) is 2.91. The number of H-pyrrole nitrogens is 1. The number of carbonyl (C=O) groups excluding carboxylic acids is 2. The van der Waals surface area contributed by atoms with Gasteiger partial charge in [0.25, 0.3) is 11.6 Å². The number of para-hydroxylation sites is 1. The zero-order chi connectivity index (χ0) is 20.8. The molecule has 0 spiro atoms. The largest absolute Gasteiger partial charge is 0.357 e. The first-order valence-corrected chi connectivity index (χ1v) is 9.49. The Balaban J connectivity index is 1.42. The summed E-state index contributed by atoms with van der Waals surface area (Å²) < 4.78 is 0. The van der Waals surface area contributed by atoms with Gasteiger partial charge in [0.15, 0.2) is 0 Å². The fourth-order valence-electron chi connectivity index (χ4n) is 4.11. The van der Waals surface area contributed by atoms with Gasteiger partial charge in [-0.15, -0.1) is 0 Å². The van der Waals surface area contributed by atoms with E-state index in [2.05, 4.69) is 10.1 Å². The van der Waals surface area contributed by atoms with Crippen LogP contribution < -0.4 is 0 Å². The molecule has 0 radical (unpaired) electrons. The molecule has 1 aromatic heterocycles. The Labute approximate surface area is 170 Å². The third-order valence-electron chi connectivity index (χ3n) is 5.58. The van der Waals surface area contributed by atoms with Gasteiger partial charge in [-0.3, -0.25) is 19.7 Å². The van der Waals surface area contributed by atoms with Crippen molar-refractivity contribution in [1.29, 1.82) is 0 Å². The first kappa shape index (κ1) is 18.0. The van der Waals surface area contributed by atoms with Gasteiger partial charge >= 0.3 is 0 Å². The Kier molecular flexibility index (Phi) is 4.09. The third-order valence-corrected chi connectivity index (χ3v) is 5.58. The SMILES string of the molecule is O=C1[C@@H]2Cc3c([nH]c4ccccc34)CN2C(=O)CN1/N=C/c1cccc([N+](=O)[O-])c1. The second-order valence-corrected chi connectivity index (χ2v) is 7.36. The summed E-state index contributed by atoms with van der Waals surface area (Å²) in [5.74, 6) is -0.438. The number of non-ortho nitro benzene ring substituents is 1. The Morgan fingerprint density at radius 2 is 1.97 bits per heavy atom. The van der Waals surface area contributed by atoms with Crippen molar-refractivity contribution in [2.75, 3.05) is 6.54 Å². The van der Waals surface area contributed by atoms with Crippen molar-refractivity contribution >= 4 is 34.6 Å². The number of fused-ring (bicyclic) bond motifs is 4. The molecule has 2 amide bonds. The Morgan fingerprint density at radius 1 is 1.13 bits per heavy atom. The summed E-state index contributed by atoms with van der Waals surface area (Å²) in [5.41, 5.74) is 3.42. The van der Waals surface area contributed by atoms with E-state index in [-0.39, 0.29) is 24.0 Å². The van der Waals surface area contributed by atoms with E-state index in [1.807, 2.05) is 24.3 Å². The molecule has 3 heterocycles. The number of aromatic nitrogens is 1. The first-order chi connectivity index (χ1) is 14.5. The minimum Gasteiger partial charge on any atom is -0.357 e. The van der Waals surface area contributed by atoms with Crippen LogP contribution >= 0.6 is 0 Å². The first-order valence-electron chi connectivity index (χ1n) is 9.49. The zero-order valence-electron chi connectivity index (χ0n) is 15.8. The molecule has 0 aliphatic carbocycles. The van der Waals surface area contributed by atoms with Crippen molar-refractivity contribution in [3.63, 3.8) is 0 Å². The number of carbonyl (C=O) groups is 2. The van der Waals surface area contributed by atoms with Crippen LogP contribution in [0, 0.1) is 10.1 Å². The monoisotopic (exact) mass is 403 g/mol. The Morgan fingerprint density at radius 3 is 2.80 bits per heavy atom. The number of nitrogens with one attached hydrogen (secondary N) is 1. The van der Waals surface area contributed by atoms with E-state index in [1.165, 1.54) is 18.3 Å². The van der Waals surface area contributed by atoms with Gasteiger partial charge in [-0.1, -0.05) is 30.3 Å². The van der Waals surface area contributed by atoms with Gasteiger partial charge in [0.1, 0.15) is 12.6 Å². The summed E-state index contributed by atoms with van der Waals surface area (Å²) in [6.07, 6.45) is 1.79. The summed E-state index contributed by atoms with van der Waals surface area (Å²) >= 11 is 0. The molecule has 0 bridgehead atoms. The average Bonchev–Trinajstić information content (AvgIpc) is 3.12. The standard InChI is InChI=1S/C21H17N5O4/c27-20-12-25(22-10-13-4-3-5-14(8-13)26(29)30)21(28)19-9-16-15-6-1-2-7-17(15)23-18(16)11-24(19)20/h1-8,10,19,23H,9,11-12H2/b22-10+/t19-/m0/s1. The van der Waals surface area contributed by atoms with Gasteiger partial charge in [0.2, 0.25) is 5.91 Å². The molecule has 30 heavy (non-hydrogen) atoms. The van der Waals surface area contributed by atoms with Crippen LogP contribution in [0.5, 0.6) is 0 Å². The summed E-state index contributed by atoms with van der Waals surface area (Å²) in [6, 6.07) is 13.2. The molecule has 1 fully saturated rings. The van der Waals surface area contributed by atoms with E-state index < -0.39 is 11.0 Å². The zero-order valence-corrected chi connectivity index (χ0v) is 15.8. The summed E-state index contributed by atoms with van der Waals surface area (Å²) in [7, 11) is 0. The fourth-order valence-corrected chi connectivity index (χ4v) is 4.11. The van der Waals surface area contributed by atoms with Gasteiger partial charge in [0, 0.05) is 40.7 Å². The maximum absolute atomic E-state index is 13.1. The molecular weight excluding hydrogens is 386 g/mol. The van der Waals surface area contributed by atoms with Crippen molar-refractivity contribution in [2.45, 2.75) is 19.0 Å². The lowest BCUT2D eigenvalue weighted by molar-refractivity contribution is -0.384. The fraction of sp³-hybridized carbons (Fsp3) is 0.190. The molecule has 2 aliphatic rings. The lowest BCUT2D eigenvalue weighted by Crippen LogP contribution is -2.60. The predicted molar refractivity (Wildman–Crippen MR) is 109 cm³/mol. The number of benzene rings is 2. The smallest absolute Gasteiger partial charge is 0.270 e. The van der Waals surface area contributed by atoms with Gasteiger partial charge in [-0.05, 0) is 11.6 Å². The quantitative estimate of drug-likeness (QED) is 0.410. The van der Waals surface area contributed by atoms with Crippen molar-refractivity contribution in [3.05, 3.63) is 75.5 Å². The number of amides is 2. The maximum atomic E-state index is 13.1. The summed E-state index contributed by atoms with van der Waals surface area (Å²) in [4.78, 5) is 41.2. The normalized spacial score (nSPS) is 18.7. The second kappa shape index (κ2) is 6.80. The van der Waals surface area contributed by atoms with Gasteiger partial charge in [-0.25, -0.2) is 5.01 Å². The van der Waals surface area contributed by atoms with E-state index in [0.717, 1.165) is 27.2 Å². The van der Waals surface area contributed by atoms with Crippen LogP contribution in [-0.4, -0.2) is 50.4 Å². The molecule has 1 N–H and O–H groups in total. The Hall–Kier alpha value is -4.01. The minimum atomic E-state index is -0.611.